The highest BCUT2D eigenvalue weighted by atomic mass is 16.6. The van der Waals surface area contributed by atoms with E-state index in [1.165, 1.54) is 24.3 Å². The van der Waals surface area contributed by atoms with Crippen LogP contribution in [0, 0.1) is 10.1 Å². The summed E-state index contributed by atoms with van der Waals surface area (Å²) in [6.07, 6.45) is 2.79. The molecule has 0 aliphatic heterocycles. The van der Waals surface area contributed by atoms with Gasteiger partial charge in [0.05, 0.1) is 17.1 Å². The monoisotopic (exact) mass is 368 g/mol. The lowest BCUT2D eigenvalue weighted by molar-refractivity contribution is -0.385. The maximum absolute atomic E-state index is 12.2. The maximum atomic E-state index is 12.2. The molecule has 0 saturated heterocycles. The highest BCUT2D eigenvalue weighted by Crippen LogP contribution is 2.18. The highest BCUT2D eigenvalue weighted by Gasteiger charge is 2.21. The van der Waals surface area contributed by atoms with Crippen LogP contribution in [0.15, 0.2) is 60.7 Å². The zero-order valence-electron chi connectivity index (χ0n) is 14.8. The molecule has 0 saturated carbocycles. The molecule has 1 amide bonds. The molecule has 0 spiro atoms. The number of amides is 1. The lowest BCUT2D eigenvalue weighted by Crippen LogP contribution is -2.42. The Hall–Kier alpha value is -3.48. The van der Waals surface area contributed by atoms with Crippen molar-refractivity contribution < 1.29 is 19.2 Å². The van der Waals surface area contributed by atoms with Crippen molar-refractivity contribution in [2.75, 3.05) is 6.61 Å². The average Bonchev–Trinajstić information content (AvgIpc) is 2.67. The molecular formula is C20H20N2O5. The van der Waals surface area contributed by atoms with Crippen LogP contribution in [0.1, 0.15) is 18.1 Å². The molecule has 7 heteroatoms. The van der Waals surface area contributed by atoms with Crippen LogP contribution in [-0.2, 0) is 20.7 Å². The molecule has 0 aliphatic carbocycles. The second-order valence-electron chi connectivity index (χ2n) is 5.65. The lowest BCUT2D eigenvalue weighted by atomic mass is 10.1. The van der Waals surface area contributed by atoms with E-state index >= 15 is 0 Å². The molecule has 7 nitrogen and oxygen atoms in total. The number of nitrogens with one attached hydrogen (secondary N) is 1. The number of rotatable bonds is 8. The number of benzene rings is 2. The van der Waals surface area contributed by atoms with E-state index in [2.05, 4.69) is 5.32 Å². The summed E-state index contributed by atoms with van der Waals surface area (Å²) in [5.41, 5.74) is 1.07. The summed E-state index contributed by atoms with van der Waals surface area (Å²) in [6, 6.07) is 14.5. The molecule has 0 aromatic heterocycles. The Morgan fingerprint density at radius 3 is 2.48 bits per heavy atom. The molecule has 0 radical (unpaired) electrons. The van der Waals surface area contributed by atoms with Gasteiger partial charge in [0.1, 0.15) is 6.04 Å². The first kappa shape index (κ1) is 19.8. The van der Waals surface area contributed by atoms with Gasteiger partial charge < -0.3 is 10.1 Å². The smallest absolute Gasteiger partial charge is 0.328 e. The number of para-hydroxylation sites is 1. The Labute approximate surface area is 156 Å². The van der Waals surface area contributed by atoms with Crippen molar-refractivity contribution in [3.63, 3.8) is 0 Å². The minimum absolute atomic E-state index is 0.104. The van der Waals surface area contributed by atoms with Gasteiger partial charge in [-0.05, 0) is 24.6 Å². The summed E-state index contributed by atoms with van der Waals surface area (Å²) >= 11 is 0. The van der Waals surface area contributed by atoms with Crippen molar-refractivity contribution in [3.05, 3.63) is 81.9 Å². The van der Waals surface area contributed by atoms with E-state index in [9.17, 15) is 19.7 Å². The summed E-state index contributed by atoms with van der Waals surface area (Å²) in [5.74, 6) is -1.07. The van der Waals surface area contributed by atoms with Crippen LogP contribution in [0.4, 0.5) is 5.69 Å². The van der Waals surface area contributed by atoms with E-state index in [0.717, 1.165) is 5.56 Å². The molecule has 0 aliphatic rings. The maximum Gasteiger partial charge on any atom is 0.328 e. The largest absolute Gasteiger partial charge is 0.464 e. The lowest BCUT2D eigenvalue weighted by Gasteiger charge is -2.16. The molecular weight excluding hydrogens is 348 g/mol. The fraction of sp³-hybridized carbons (Fsp3) is 0.200. The molecule has 2 aromatic carbocycles. The summed E-state index contributed by atoms with van der Waals surface area (Å²) in [7, 11) is 0. The number of hydrogen-bond donors (Lipinski definition) is 1. The van der Waals surface area contributed by atoms with Crippen LogP contribution in [0.3, 0.4) is 0 Å². The van der Waals surface area contributed by atoms with E-state index in [0.29, 0.717) is 5.56 Å². The Bertz CT molecular complexity index is 833. The predicted octanol–water partition coefficient (Wildman–Crippen LogP) is 2.90. The standard InChI is InChI=1S/C20H20N2O5/c1-2-27-20(24)17(14-15-8-4-3-5-9-15)21-19(23)13-12-16-10-6-7-11-18(16)22(25)26/h3-13,17H,2,14H2,1H3,(H,21,23)/b13-12+. The molecule has 0 bridgehead atoms. The normalized spacial score (nSPS) is 11.7. The van der Waals surface area contributed by atoms with Gasteiger partial charge in [0.15, 0.2) is 0 Å². The summed E-state index contributed by atoms with van der Waals surface area (Å²) in [6.45, 7) is 1.89. The summed E-state index contributed by atoms with van der Waals surface area (Å²) in [5, 5.41) is 13.6. The van der Waals surface area contributed by atoms with Gasteiger partial charge in [0.2, 0.25) is 5.91 Å². The molecule has 0 fully saturated rings. The molecule has 140 valence electrons. The zero-order chi connectivity index (χ0) is 19.6. The third-order valence-electron chi connectivity index (χ3n) is 3.72. The molecule has 1 unspecified atom stereocenters. The average molecular weight is 368 g/mol. The molecule has 1 atom stereocenters. The van der Waals surface area contributed by atoms with Crippen molar-refractivity contribution in [3.8, 4) is 0 Å². The van der Waals surface area contributed by atoms with Crippen molar-refractivity contribution in [2.24, 2.45) is 0 Å². The van der Waals surface area contributed by atoms with Crippen LogP contribution >= 0.6 is 0 Å². The van der Waals surface area contributed by atoms with Gasteiger partial charge in [-0.25, -0.2) is 4.79 Å². The third-order valence-corrected chi connectivity index (χ3v) is 3.72. The minimum Gasteiger partial charge on any atom is -0.464 e. The van der Waals surface area contributed by atoms with Gasteiger partial charge in [-0.3, -0.25) is 14.9 Å². The van der Waals surface area contributed by atoms with Gasteiger partial charge in [-0.2, -0.15) is 0 Å². The fourth-order valence-corrected chi connectivity index (χ4v) is 2.47. The van der Waals surface area contributed by atoms with Gasteiger partial charge in [0.25, 0.3) is 5.69 Å². The summed E-state index contributed by atoms with van der Waals surface area (Å²) in [4.78, 5) is 34.9. The molecule has 27 heavy (non-hydrogen) atoms. The Morgan fingerprint density at radius 1 is 1.15 bits per heavy atom. The van der Waals surface area contributed by atoms with Crippen LogP contribution < -0.4 is 5.32 Å². The second-order valence-corrected chi connectivity index (χ2v) is 5.65. The quantitative estimate of drug-likeness (QED) is 0.334. The molecule has 2 aromatic rings. The van der Waals surface area contributed by atoms with Crippen molar-refractivity contribution in [2.45, 2.75) is 19.4 Å². The number of nitro benzene ring substituents is 1. The van der Waals surface area contributed by atoms with E-state index in [4.69, 9.17) is 4.74 Å². The third kappa shape index (κ3) is 6.07. The van der Waals surface area contributed by atoms with Gasteiger partial charge >= 0.3 is 5.97 Å². The van der Waals surface area contributed by atoms with E-state index in [-0.39, 0.29) is 18.7 Å². The minimum atomic E-state index is -0.852. The number of ether oxygens (including phenoxy) is 1. The van der Waals surface area contributed by atoms with Crippen molar-refractivity contribution >= 4 is 23.6 Å². The van der Waals surface area contributed by atoms with Crippen molar-refractivity contribution in [1.82, 2.24) is 5.32 Å². The van der Waals surface area contributed by atoms with E-state index in [1.807, 2.05) is 30.3 Å². The summed E-state index contributed by atoms with van der Waals surface area (Å²) < 4.78 is 5.02. The van der Waals surface area contributed by atoms with Crippen LogP contribution in [0.2, 0.25) is 0 Å². The first-order chi connectivity index (χ1) is 13.0. The highest BCUT2D eigenvalue weighted by molar-refractivity contribution is 5.95. The predicted molar refractivity (Wildman–Crippen MR) is 101 cm³/mol. The first-order valence-electron chi connectivity index (χ1n) is 8.43. The molecule has 2 rings (SSSR count). The first-order valence-corrected chi connectivity index (χ1v) is 8.43. The Kier molecular flexibility index (Phi) is 7.25. The number of hydrogen-bond acceptors (Lipinski definition) is 5. The molecule has 0 heterocycles. The van der Waals surface area contributed by atoms with Crippen LogP contribution in [0.5, 0.6) is 0 Å². The van der Waals surface area contributed by atoms with Gasteiger partial charge in [-0.15, -0.1) is 0 Å². The SMILES string of the molecule is CCOC(=O)C(Cc1ccccc1)NC(=O)/C=C/c1ccccc1[N+](=O)[O-]. The topological polar surface area (TPSA) is 98.5 Å². The molecule has 1 N–H and O–H groups in total. The second kappa shape index (κ2) is 9.86. The number of carbonyl (C=O) groups is 2. The van der Waals surface area contributed by atoms with Gasteiger partial charge in [-0.1, -0.05) is 42.5 Å². The Balaban J connectivity index is 2.11. The number of esters is 1. The Morgan fingerprint density at radius 2 is 1.81 bits per heavy atom. The van der Waals surface area contributed by atoms with Gasteiger partial charge in [0, 0.05) is 18.6 Å². The van der Waals surface area contributed by atoms with Crippen LogP contribution in [-0.4, -0.2) is 29.4 Å². The number of carbonyl (C=O) groups excluding carboxylic acids is 2. The fourth-order valence-electron chi connectivity index (χ4n) is 2.47. The van der Waals surface area contributed by atoms with Crippen molar-refractivity contribution in [1.29, 1.82) is 0 Å². The van der Waals surface area contributed by atoms with Crippen LogP contribution in [0.25, 0.3) is 6.08 Å². The van der Waals surface area contributed by atoms with E-state index in [1.54, 1.807) is 19.1 Å². The van der Waals surface area contributed by atoms with E-state index < -0.39 is 22.8 Å². The zero-order valence-corrected chi connectivity index (χ0v) is 14.8. The number of nitro groups is 1. The number of nitrogens with zero attached hydrogens (tertiary/aromatic N) is 1.